The first-order valence-electron chi connectivity index (χ1n) is 5.41. The molecule has 1 heterocycles. The van der Waals surface area contributed by atoms with Gasteiger partial charge in [0, 0.05) is 12.6 Å². The van der Waals surface area contributed by atoms with Crippen LogP contribution in [0, 0.1) is 5.92 Å². The van der Waals surface area contributed by atoms with Crippen LogP contribution in [0.5, 0.6) is 5.88 Å². The van der Waals surface area contributed by atoms with Crippen molar-refractivity contribution in [3.63, 3.8) is 0 Å². The summed E-state index contributed by atoms with van der Waals surface area (Å²) in [7, 11) is 0. The Morgan fingerprint density at radius 1 is 1.53 bits per heavy atom. The molecule has 4 heteroatoms. The normalized spacial score (nSPS) is 17.5. The molecular formula is C11H16N2O2. The highest BCUT2D eigenvalue weighted by molar-refractivity contribution is 5.09. The molecule has 1 aromatic heterocycles. The zero-order chi connectivity index (χ0) is 10.7. The summed E-state index contributed by atoms with van der Waals surface area (Å²) in [6.45, 7) is 2.50. The molecule has 0 amide bonds. The molecule has 82 valence electrons. The lowest BCUT2D eigenvalue weighted by atomic mass is 10.1. The maximum atomic E-state index is 9.75. The standard InChI is InChI=1S/C11H16N2O2/c1-2-15-11-7-12-6-9(13-11)5-10(14)8-3-4-8/h6-8,10,14H,2-5H2,1H3. The minimum atomic E-state index is -0.267. The number of aromatic nitrogens is 2. The third kappa shape index (κ3) is 2.89. The Balaban J connectivity index is 1.97. The van der Waals surface area contributed by atoms with Crippen molar-refractivity contribution >= 4 is 0 Å². The number of nitrogens with zero attached hydrogens (tertiary/aromatic N) is 2. The van der Waals surface area contributed by atoms with Crippen molar-refractivity contribution in [3.8, 4) is 5.88 Å². The van der Waals surface area contributed by atoms with Gasteiger partial charge in [0.25, 0.3) is 0 Å². The van der Waals surface area contributed by atoms with Crippen molar-refractivity contribution in [1.29, 1.82) is 0 Å². The number of rotatable bonds is 5. The fourth-order valence-corrected chi connectivity index (χ4v) is 1.56. The molecule has 1 saturated carbocycles. The topological polar surface area (TPSA) is 55.2 Å². The highest BCUT2D eigenvalue weighted by atomic mass is 16.5. The number of aliphatic hydroxyl groups is 1. The summed E-state index contributed by atoms with van der Waals surface area (Å²) in [5.74, 6) is 1.01. The molecule has 0 aliphatic heterocycles. The van der Waals surface area contributed by atoms with E-state index in [2.05, 4.69) is 9.97 Å². The Morgan fingerprint density at radius 2 is 2.33 bits per heavy atom. The summed E-state index contributed by atoms with van der Waals surface area (Å²) in [6, 6.07) is 0. The summed E-state index contributed by atoms with van der Waals surface area (Å²) in [5, 5.41) is 9.75. The Morgan fingerprint density at radius 3 is 3.00 bits per heavy atom. The Bertz CT molecular complexity index is 326. The van der Waals surface area contributed by atoms with Crippen LogP contribution in [0.4, 0.5) is 0 Å². The van der Waals surface area contributed by atoms with Crippen LogP contribution in [-0.2, 0) is 6.42 Å². The van der Waals surface area contributed by atoms with E-state index in [0.29, 0.717) is 24.8 Å². The highest BCUT2D eigenvalue weighted by Crippen LogP contribution is 2.33. The molecule has 1 N–H and O–H groups in total. The molecule has 1 aliphatic carbocycles. The van der Waals surface area contributed by atoms with Gasteiger partial charge in [-0.25, -0.2) is 4.98 Å². The molecule has 4 nitrogen and oxygen atoms in total. The lowest BCUT2D eigenvalue weighted by Crippen LogP contribution is -2.14. The highest BCUT2D eigenvalue weighted by Gasteiger charge is 2.29. The molecule has 1 atom stereocenters. The van der Waals surface area contributed by atoms with Crippen molar-refractivity contribution in [3.05, 3.63) is 18.1 Å². The maximum Gasteiger partial charge on any atom is 0.232 e. The average Bonchev–Trinajstić information content (AvgIpc) is 3.01. The first kappa shape index (κ1) is 10.4. The molecule has 0 radical (unpaired) electrons. The zero-order valence-electron chi connectivity index (χ0n) is 8.89. The van der Waals surface area contributed by atoms with Crippen LogP contribution >= 0.6 is 0 Å². The van der Waals surface area contributed by atoms with Crippen molar-refractivity contribution in [1.82, 2.24) is 9.97 Å². The van der Waals surface area contributed by atoms with Crippen LogP contribution in [0.25, 0.3) is 0 Å². The number of hydrogen-bond donors (Lipinski definition) is 1. The summed E-state index contributed by atoms with van der Waals surface area (Å²) in [5.41, 5.74) is 0.806. The van der Waals surface area contributed by atoms with Gasteiger partial charge in [-0.2, -0.15) is 0 Å². The zero-order valence-corrected chi connectivity index (χ0v) is 8.89. The molecule has 2 rings (SSSR count). The molecule has 0 aromatic carbocycles. The van der Waals surface area contributed by atoms with Crippen LogP contribution in [0.2, 0.25) is 0 Å². The lowest BCUT2D eigenvalue weighted by molar-refractivity contribution is 0.150. The van der Waals surface area contributed by atoms with E-state index in [1.165, 1.54) is 0 Å². The molecule has 0 spiro atoms. The quantitative estimate of drug-likeness (QED) is 0.789. The molecule has 1 aliphatic rings. The summed E-state index contributed by atoms with van der Waals surface area (Å²) in [6.07, 6.45) is 5.87. The van der Waals surface area contributed by atoms with Gasteiger partial charge in [0.2, 0.25) is 5.88 Å². The van der Waals surface area contributed by atoms with Gasteiger partial charge < -0.3 is 9.84 Å². The van der Waals surface area contributed by atoms with E-state index in [9.17, 15) is 5.11 Å². The smallest absolute Gasteiger partial charge is 0.232 e. The molecule has 15 heavy (non-hydrogen) atoms. The van der Waals surface area contributed by atoms with E-state index >= 15 is 0 Å². The summed E-state index contributed by atoms with van der Waals surface area (Å²) in [4.78, 5) is 8.31. The fourth-order valence-electron chi connectivity index (χ4n) is 1.56. The number of aliphatic hydroxyl groups excluding tert-OH is 1. The minimum absolute atomic E-state index is 0.267. The van der Waals surface area contributed by atoms with E-state index in [0.717, 1.165) is 18.5 Å². The Kier molecular flexibility index (Phi) is 3.16. The van der Waals surface area contributed by atoms with Crippen LogP contribution in [0.3, 0.4) is 0 Å². The summed E-state index contributed by atoms with van der Waals surface area (Å²) >= 11 is 0. The van der Waals surface area contributed by atoms with Gasteiger partial charge in [0.15, 0.2) is 0 Å². The third-order valence-corrected chi connectivity index (χ3v) is 2.54. The van der Waals surface area contributed by atoms with Crippen LogP contribution in [0.1, 0.15) is 25.5 Å². The maximum absolute atomic E-state index is 9.75. The summed E-state index contributed by atoms with van der Waals surface area (Å²) < 4.78 is 5.25. The van der Waals surface area contributed by atoms with Crippen LogP contribution in [0.15, 0.2) is 12.4 Å². The van der Waals surface area contributed by atoms with Gasteiger partial charge in [0.05, 0.1) is 24.6 Å². The van der Waals surface area contributed by atoms with Crippen LogP contribution in [-0.4, -0.2) is 27.8 Å². The molecular weight excluding hydrogens is 192 g/mol. The van der Waals surface area contributed by atoms with Crippen molar-refractivity contribution in [2.75, 3.05) is 6.61 Å². The average molecular weight is 208 g/mol. The van der Waals surface area contributed by atoms with Gasteiger partial charge in [0.1, 0.15) is 0 Å². The van der Waals surface area contributed by atoms with Crippen LogP contribution < -0.4 is 4.74 Å². The second-order valence-electron chi connectivity index (χ2n) is 3.89. The monoisotopic (exact) mass is 208 g/mol. The Labute approximate surface area is 89.3 Å². The Hall–Kier alpha value is -1.16. The molecule has 0 saturated heterocycles. The molecule has 1 aromatic rings. The van der Waals surface area contributed by atoms with Gasteiger partial charge in [-0.3, -0.25) is 4.98 Å². The van der Waals surface area contributed by atoms with E-state index in [1.54, 1.807) is 12.4 Å². The van der Waals surface area contributed by atoms with E-state index in [4.69, 9.17) is 4.74 Å². The van der Waals surface area contributed by atoms with Crippen molar-refractivity contribution in [2.45, 2.75) is 32.3 Å². The lowest BCUT2D eigenvalue weighted by Gasteiger charge is -2.08. The van der Waals surface area contributed by atoms with Crippen molar-refractivity contribution in [2.24, 2.45) is 5.92 Å². The van der Waals surface area contributed by atoms with E-state index in [1.807, 2.05) is 6.92 Å². The second kappa shape index (κ2) is 4.57. The molecule has 1 fully saturated rings. The van der Waals surface area contributed by atoms with Gasteiger partial charge in [-0.15, -0.1) is 0 Å². The molecule has 0 bridgehead atoms. The largest absolute Gasteiger partial charge is 0.477 e. The van der Waals surface area contributed by atoms with Gasteiger partial charge in [-0.05, 0) is 25.7 Å². The predicted molar refractivity (Wildman–Crippen MR) is 55.6 cm³/mol. The molecule has 1 unspecified atom stereocenters. The second-order valence-corrected chi connectivity index (χ2v) is 3.89. The predicted octanol–water partition coefficient (Wildman–Crippen LogP) is 1.19. The first-order chi connectivity index (χ1) is 7.29. The minimum Gasteiger partial charge on any atom is -0.477 e. The van der Waals surface area contributed by atoms with E-state index < -0.39 is 0 Å². The fraction of sp³-hybridized carbons (Fsp3) is 0.636. The number of hydrogen-bond acceptors (Lipinski definition) is 4. The SMILES string of the molecule is CCOc1cncc(CC(O)C2CC2)n1. The van der Waals surface area contributed by atoms with Crippen molar-refractivity contribution < 1.29 is 9.84 Å². The van der Waals surface area contributed by atoms with Gasteiger partial charge in [-0.1, -0.05) is 0 Å². The van der Waals surface area contributed by atoms with E-state index in [-0.39, 0.29) is 6.10 Å². The van der Waals surface area contributed by atoms with Gasteiger partial charge >= 0.3 is 0 Å². The first-order valence-corrected chi connectivity index (χ1v) is 5.41. The third-order valence-electron chi connectivity index (χ3n) is 2.54. The number of ether oxygens (including phenoxy) is 1.